The molecule has 3 rings (SSSR count). The van der Waals surface area contributed by atoms with Crippen LogP contribution in [0.3, 0.4) is 0 Å². The van der Waals surface area contributed by atoms with Gasteiger partial charge in [-0.2, -0.15) is 5.10 Å². The second-order valence-electron chi connectivity index (χ2n) is 4.58. The van der Waals surface area contributed by atoms with Crippen molar-refractivity contribution < 1.29 is 13.6 Å². The van der Waals surface area contributed by atoms with Crippen LogP contribution in [0.25, 0.3) is 5.69 Å². The maximum Gasteiger partial charge on any atom is 0.258 e. The number of hydrogen-bond donors (Lipinski definition) is 1. The van der Waals surface area contributed by atoms with Crippen molar-refractivity contribution in [2.24, 2.45) is 0 Å². The van der Waals surface area contributed by atoms with E-state index < -0.39 is 17.5 Å². The lowest BCUT2D eigenvalue weighted by atomic mass is 10.2. The van der Waals surface area contributed by atoms with E-state index in [2.05, 4.69) is 10.4 Å². The summed E-state index contributed by atoms with van der Waals surface area (Å²) in [5.41, 5.74) is 1.12. The number of anilines is 1. The van der Waals surface area contributed by atoms with Crippen LogP contribution < -0.4 is 5.32 Å². The fourth-order valence-electron chi connectivity index (χ4n) is 1.99. The number of halogens is 2. The zero-order valence-electron chi connectivity index (χ0n) is 11.3. The first kappa shape index (κ1) is 13.9. The molecule has 6 heteroatoms. The van der Waals surface area contributed by atoms with Gasteiger partial charge in [0.05, 0.1) is 11.3 Å². The maximum atomic E-state index is 13.5. The highest BCUT2D eigenvalue weighted by molar-refractivity contribution is 6.04. The molecule has 0 fully saturated rings. The Balaban J connectivity index is 1.77. The Morgan fingerprint density at radius 2 is 1.86 bits per heavy atom. The van der Waals surface area contributed by atoms with Gasteiger partial charge in [0, 0.05) is 24.1 Å². The van der Waals surface area contributed by atoms with Crippen molar-refractivity contribution in [3.05, 3.63) is 78.1 Å². The molecule has 110 valence electrons. The molecule has 1 aromatic heterocycles. The minimum Gasteiger partial charge on any atom is -0.322 e. The average molecular weight is 299 g/mol. The highest BCUT2D eigenvalue weighted by atomic mass is 19.1. The lowest BCUT2D eigenvalue weighted by molar-refractivity contribution is 0.102. The smallest absolute Gasteiger partial charge is 0.258 e. The van der Waals surface area contributed by atoms with Crippen molar-refractivity contribution in [3.63, 3.8) is 0 Å². The fraction of sp³-hybridized carbons (Fsp3) is 0. The van der Waals surface area contributed by atoms with Gasteiger partial charge in [0.25, 0.3) is 5.91 Å². The molecule has 0 radical (unpaired) electrons. The predicted molar refractivity (Wildman–Crippen MR) is 77.9 cm³/mol. The number of benzene rings is 2. The van der Waals surface area contributed by atoms with Crippen molar-refractivity contribution >= 4 is 11.6 Å². The normalized spacial score (nSPS) is 10.5. The molecule has 0 aliphatic rings. The van der Waals surface area contributed by atoms with Gasteiger partial charge in [-0.1, -0.05) is 0 Å². The zero-order chi connectivity index (χ0) is 15.5. The lowest BCUT2D eigenvalue weighted by Crippen LogP contribution is -2.14. The first-order valence-corrected chi connectivity index (χ1v) is 6.50. The molecule has 0 atom stereocenters. The highest BCUT2D eigenvalue weighted by Gasteiger charge is 2.12. The predicted octanol–water partition coefficient (Wildman–Crippen LogP) is 3.40. The van der Waals surface area contributed by atoms with Crippen LogP contribution in [-0.4, -0.2) is 15.7 Å². The molecular formula is C16H11F2N3O. The summed E-state index contributed by atoms with van der Waals surface area (Å²) in [6.45, 7) is 0. The van der Waals surface area contributed by atoms with Gasteiger partial charge in [-0.15, -0.1) is 0 Å². The first-order valence-electron chi connectivity index (χ1n) is 6.50. The van der Waals surface area contributed by atoms with Gasteiger partial charge in [-0.05, 0) is 42.5 Å². The van der Waals surface area contributed by atoms with E-state index in [0.717, 1.165) is 17.8 Å². The standard InChI is InChI=1S/C16H11F2N3O/c17-11-2-7-14(15(18)10-11)16(22)20-12-3-5-13(6-4-12)21-9-1-8-19-21/h1-10H,(H,20,22). The molecule has 1 amide bonds. The molecule has 0 saturated heterocycles. The third-order valence-electron chi connectivity index (χ3n) is 3.07. The molecule has 22 heavy (non-hydrogen) atoms. The summed E-state index contributed by atoms with van der Waals surface area (Å²) in [5, 5.41) is 6.65. The number of nitrogens with one attached hydrogen (secondary N) is 1. The molecule has 3 aromatic rings. The summed E-state index contributed by atoms with van der Waals surface area (Å²) in [6.07, 6.45) is 3.45. The van der Waals surface area contributed by atoms with Gasteiger partial charge in [0.1, 0.15) is 11.6 Å². The van der Waals surface area contributed by atoms with Crippen LogP contribution in [0.1, 0.15) is 10.4 Å². The lowest BCUT2D eigenvalue weighted by Gasteiger charge is -2.07. The zero-order valence-corrected chi connectivity index (χ0v) is 11.3. The van der Waals surface area contributed by atoms with Crippen LogP contribution in [-0.2, 0) is 0 Å². The van der Waals surface area contributed by atoms with E-state index in [9.17, 15) is 13.6 Å². The third-order valence-corrected chi connectivity index (χ3v) is 3.07. The molecule has 2 aromatic carbocycles. The summed E-state index contributed by atoms with van der Waals surface area (Å²) in [4.78, 5) is 12.0. The van der Waals surface area contributed by atoms with Gasteiger partial charge in [0.15, 0.2) is 0 Å². The van der Waals surface area contributed by atoms with Crippen LogP contribution in [0, 0.1) is 11.6 Å². The number of hydrogen-bond acceptors (Lipinski definition) is 2. The summed E-state index contributed by atoms with van der Waals surface area (Å²) in [5.74, 6) is -2.26. The Morgan fingerprint density at radius 1 is 1.09 bits per heavy atom. The van der Waals surface area contributed by atoms with Crippen LogP contribution in [0.4, 0.5) is 14.5 Å². The number of aromatic nitrogens is 2. The van der Waals surface area contributed by atoms with Gasteiger partial charge in [-0.3, -0.25) is 4.79 Å². The van der Waals surface area contributed by atoms with E-state index in [1.165, 1.54) is 0 Å². The van der Waals surface area contributed by atoms with E-state index >= 15 is 0 Å². The van der Waals surface area contributed by atoms with Crippen molar-refractivity contribution in [1.82, 2.24) is 9.78 Å². The van der Waals surface area contributed by atoms with Crippen molar-refractivity contribution in [2.45, 2.75) is 0 Å². The SMILES string of the molecule is O=C(Nc1ccc(-n2cccn2)cc1)c1ccc(F)cc1F. The maximum absolute atomic E-state index is 13.5. The van der Waals surface area contributed by atoms with Crippen LogP contribution >= 0.6 is 0 Å². The van der Waals surface area contributed by atoms with Crippen LogP contribution in [0.2, 0.25) is 0 Å². The monoisotopic (exact) mass is 299 g/mol. The first-order chi connectivity index (χ1) is 10.6. The molecule has 0 bridgehead atoms. The molecule has 0 aliphatic carbocycles. The minimum atomic E-state index is -0.898. The van der Waals surface area contributed by atoms with Crippen LogP contribution in [0.5, 0.6) is 0 Å². The molecule has 0 spiro atoms. The van der Waals surface area contributed by atoms with E-state index in [0.29, 0.717) is 11.8 Å². The van der Waals surface area contributed by atoms with Crippen molar-refractivity contribution in [1.29, 1.82) is 0 Å². The van der Waals surface area contributed by atoms with Gasteiger partial charge < -0.3 is 5.32 Å². The topological polar surface area (TPSA) is 46.9 Å². The Morgan fingerprint density at radius 3 is 2.50 bits per heavy atom. The van der Waals surface area contributed by atoms with Crippen LogP contribution in [0.15, 0.2) is 60.9 Å². The largest absolute Gasteiger partial charge is 0.322 e. The second-order valence-corrected chi connectivity index (χ2v) is 4.58. The Labute approximate surface area is 125 Å². The molecule has 1 N–H and O–H groups in total. The van der Waals surface area contributed by atoms with E-state index in [4.69, 9.17) is 0 Å². The number of carbonyl (C=O) groups is 1. The number of nitrogens with zero attached hydrogens (tertiary/aromatic N) is 2. The number of amides is 1. The Kier molecular flexibility index (Phi) is 3.65. The molecular weight excluding hydrogens is 288 g/mol. The number of rotatable bonds is 3. The van der Waals surface area contributed by atoms with Gasteiger partial charge in [0.2, 0.25) is 0 Å². The fourth-order valence-corrected chi connectivity index (χ4v) is 1.99. The summed E-state index contributed by atoms with van der Waals surface area (Å²) >= 11 is 0. The van der Waals surface area contributed by atoms with E-state index in [-0.39, 0.29) is 5.56 Å². The van der Waals surface area contributed by atoms with Gasteiger partial charge >= 0.3 is 0 Å². The van der Waals surface area contributed by atoms with Crippen molar-refractivity contribution in [3.8, 4) is 5.69 Å². The molecule has 1 heterocycles. The second kappa shape index (κ2) is 5.77. The minimum absolute atomic E-state index is 0.211. The van der Waals surface area contributed by atoms with E-state index in [1.807, 2.05) is 0 Å². The molecule has 0 unspecified atom stereocenters. The summed E-state index contributed by atoms with van der Waals surface area (Å²) in [7, 11) is 0. The van der Waals surface area contributed by atoms with E-state index in [1.54, 1.807) is 47.4 Å². The summed E-state index contributed by atoms with van der Waals surface area (Å²) < 4.78 is 28.0. The van der Waals surface area contributed by atoms with Crippen molar-refractivity contribution in [2.75, 3.05) is 5.32 Å². The summed E-state index contributed by atoms with van der Waals surface area (Å²) in [6, 6.07) is 11.5. The third kappa shape index (κ3) is 2.85. The quantitative estimate of drug-likeness (QED) is 0.805. The highest BCUT2D eigenvalue weighted by Crippen LogP contribution is 2.15. The molecule has 4 nitrogen and oxygen atoms in total. The number of carbonyl (C=O) groups excluding carboxylic acids is 1. The Hall–Kier alpha value is -3.02. The van der Waals surface area contributed by atoms with Gasteiger partial charge in [-0.25, -0.2) is 13.5 Å². The Bertz CT molecular complexity index is 799. The molecule has 0 aliphatic heterocycles. The molecule has 0 saturated carbocycles. The average Bonchev–Trinajstić information content (AvgIpc) is 3.02.